The lowest BCUT2D eigenvalue weighted by Crippen LogP contribution is -2.11. The lowest BCUT2D eigenvalue weighted by atomic mass is 10.2. The molecule has 2 aromatic rings. The molecule has 0 aliphatic carbocycles. The Hall–Kier alpha value is -1.20. The van der Waals surface area contributed by atoms with Gasteiger partial charge in [-0.3, -0.25) is 0 Å². The van der Waals surface area contributed by atoms with E-state index in [1.165, 1.54) is 0 Å². The van der Waals surface area contributed by atoms with Crippen LogP contribution >= 0.6 is 15.9 Å². The predicted molar refractivity (Wildman–Crippen MR) is 64.3 cm³/mol. The fraction of sp³-hybridized carbons (Fsp3) is 0.200. The molecule has 0 amide bonds. The highest BCUT2D eigenvalue weighted by molar-refractivity contribution is 9.10. The molecule has 4 nitrogen and oxygen atoms in total. The molecule has 1 heterocycles. The number of rotatable bonds is 1. The Morgan fingerprint density at radius 2 is 2.07 bits per heavy atom. The Balaban J connectivity index is 2.74. The SMILES string of the molecule is CC(N)c1nc(N)c2ccc(Br)cc2n1. The Kier molecular flexibility index (Phi) is 2.58. The second-order valence-corrected chi connectivity index (χ2v) is 4.33. The summed E-state index contributed by atoms with van der Waals surface area (Å²) in [6, 6.07) is 5.49. The first kappa shape index (κ1) is 10.3. The maximum absolute atomic E-state index is 5.82. The van der Waals surface area contributed by atoms with Gasteiger partial charge in [-0.1, -0.05) is 15.9 Å². The first-order chi connectivity index (χ1) is 7.08. The first-order valence-corrected chi connectivity index (χ1v) is 5.35. The van der Waals surface area contributed by atoms with Gasteiger partial charge in [-0.25, -0.2) is 9.97 Å². The second kappa shape index (κ2) is 3.75. The minimum absolute atomic E-state index is 0.212. The summed E-state index contributed by atoms with van der Waals surface area (Å²) in [5.74, 6) is 1.04. The highest BCUT2D eigenvalue weighted by Crippen LogP contribution is 2.22. The van der Waals surface area contributed by atoms with E-state index in [-0.39, 0.29) is 6.04 Å². The van der Waals surface area contributed by atoms with Crippen LogP contribution in [0.2, 0.25) is 0 Å². The van der Waals surface area contributed by atoms with Crippen LogP contribution in [-0.4, -0.2) is 9.97 Å². The van der Waals surface area contributed by atoms with Crippen LogP contribution in [0.1, 0.15) is 18.8 Å². The average Bonchev–Trinajstić information content (AvgIpc) is 2.16. The molecule has 1 aromatic carbocycles. The topological polar surface area (TPSA) is 77.8 Å². The Morgan fingerprint density at radius 1 is 1.33 bits per heavy atom. The van der Waals surface area contributed by atoms with Gasteiger partial charge in [0.2, 0.25) is 0 Å². The Morgan fingerprint density at radius 3 is 2.73 bits per heavy atom. The first-order valence-electron chi connectivity index (χ1n) is 4.56. The van der Waals surface area contributed by atoms with Gasteiger partial charge in [0.25, 0.3) is 0 Å². The van der Waals surface area contributed by atoms with Crippen molar-refractivity contribution in [3.8, 4) is 0 Å². The van der Waals surface area contributed by atoms with Crippen molar-refractivity contribution in [2.45, 2.75) is 13.0 Å². The van der Waals surface area contributed by atoms with Crippen molar-refractivity contribution < 1.29 is 0 Å². The van der Waals surface area contributed by atoms with E-state index in [4.69, 9.17) is 11.5 Å². The second-order valence-electron chi connectivity index (χ2n) is 3.42. The molecule has 0 saturated carbocycles. The summed E-state index contributed by atoms with van der Waals surface area (Å²) >= 11 is 3.39. The largest absolute Gasteiger partial charge is 0.383 e. The van der Waals surface area contributed by atoms with Crippen LogP contribution in [0.25, 0.3) is 10.9 Å². The molecule has 78 valence electrons. The number of nitrogens with two attached hydrogens (primary N) is 2. The van der Waals surface area contributed by atoms with Crippen LogP contribution in [-0.2, 0) is 0 Å². The molecule has 5 heteroatoms. The standard InChI is InChI=1S/C10H11BrN4/c1-5(12)10-14-8-4-6(11)2-3-7(8)9(13)15-10/h2-5H,12H2,1H3,(H2,13,14,15). The molecule has 1 aromatic heterocycles. The molecule has 0 spiro atoms. The van der Waals surface area contributed by atoms with Crippen molar-refractivity contribution in [3.05, 3.63) is 28.5 Å². The normalized spacial score (nSPS) is 13.0. The van der Waals surface area contributed by atoms with E-state index < -0.39 is 0 Å². The van der Waals surface area contributed by atoms with Gasteiger partial charge in [-0.15, -0.1) is 0 Å². The third-order valence-electron chi connectivity index (χ3n) is 2.11. The summed E-state index contributed by atoms with van der Waals surface area (Å²) in [5.41, 5.74) is 12.4. The zero-order valence-corrected chi connectivity index (χ0v) is 9.82. The zero-order valence-electron chi connectivity index (χ0n) is 8.24. The van der Waals surface area contributed by atoms with E-state index in [0.29, 0.717) is 11.6 Å². The van der Waals surface area contributed by atoms with Crippen molar-refractivity contribution >= 4 is 32.7 Å². The molecule has 1 unspecified atom stereocenters. The van der Waals surface area contributed by atoms with E-state index in [0.717, 1.165) is 15.4 Å². The Labute approximate surface area is 95.8 Å². The molecule has 0 fully saturated rings. The molecule has 0 aliphatic rings. The highest BCUT2D eigenvalue weighted by atomic mass is 79.9. The molecule has 1 atom stereocenters. The molecular formula is C10H11BrN4. The molecule has 0 radical (unpaired) electrons. The molecular weight excluding hydrogens is 256 g/mol. The van der Waals surface area contributed by atoms with Gasteiger partial charge >= 0.3 is 0 Å². The summed E-state index contributed by atoms with van der Waals surface area (Å²) in [6.45, 7) is 1.83. The van der Waals surface area contributed by atoms with Crippen molar-refractivity contribution in [1.29, 1.82) is 0 Å². The van der Waals surface area contributed by atoms with Crippen molar-refractivity contribution in [2.75, 3.05) is 5.73 Å². The maximum Gasteiger partial charge on any atom is 0.147 e. The minimum Gasteiger partial charge on any atom is -0.383 e. The number of benzene rings is 1. The smallest absolute Gasteiger partial charge is 0.147 e. The van der Waals surface area contributed by atoms with E-state index in [1.54, 1.807) is 0 Å². The number of nitrogens with zero attached hydrogens (tertiary/aromatic N) is 2. The lowest BCUT2D eigenvalue weighted by molar-refractivity contribution is 0.748. The summed E-state index contributed by atoms with van der Waals surface area (Å²) in [6.07, 6.45) is 0. The van der Waals surface area contributed by atoms with Gasteiger partial charge in [0, 0.05) is 9.86 Å². The van der Waals surface area contributed by atoms with Crippen LogP contribution in [0, 0.1) is 0 Å². The molecule has 4 N–H and O–H groups in total. The fourth-order valence-electron chi connectivity index (χ4n) is 1.35. The van der Waals surface area contributed by atoms with Crippen molar-refractivity contribution in [3.63, 3.8) is 0 Å². The van der Waals surface area contributed by atoms with Gasteiger partial charge in [0.15, 0.2) is 0 Å². The van der Waals surface area contributed by atoms with Gasteiger partial charge in [0.05, 0.1) is 11.6 Å². The highest BCUT2D eigenvalue weighted by Gasteiger charge is 2.08. The molecule has 15 heavy (non-hydrogen) atoms. The van der Waals surface area contributed by atoms with E-state index >= 15 is 0 Å². The van der Waals surface area contributed by atoms with E-state index in [1.807, 2.05) is 25.1 Å². The third-order valence-corrected chi connectivity index (χ3v) is 2.61. The minimum atomic E-state index is -0.212. The number of anilines is 1. The number of halogens is 1. The van der Waals surface area contributed by atoms with Crippen molar-refractivity contribution in [2.24, 2.45) is 5.73 Å². The number of hydrogen-bond acceptors (Lipinski definition) is 4. The number of hydrogen-bond donors (Lipinski definition) is 2. The molecule has 2 rings (SSSR count). The van der Waals surface area contributed by atoms with Gasteiger partial charge < -0.3 is 11.5 Å². The van der Waals surface area contributed by atoms with Crippen LogP contribution in [0.15, 0.2) is 22.7 Å². The quantitative estimate of drug-likeness (QED) is 0.828. The lowest BCUT2D eigenvalue weighted by Gasteiger charge is -2.07. The summed E-state index contributed by atoms with van der Waals surface area (Å²) in [4.78, 5) is 8.51. The van der Waals surface area contributed by atoms with Crippen LogP contribution < -0.4 is 11.5 Å². The number of aromatic nitrogens is 2. The molecule has 0 aliphatic heterocycles. The Bertz CT molecular complexity index is 510. The number of fused-ring (bicyclic) bond motifs is 1. The van der Waals surface area contributed by atoms with Crippen LogP contribution in [0.4, 0.5) is 5.82 Å². The van der Waals surface area contributed by atoms with Gasteiger partial charge in [-0.05, 0) is 25.1 Å². The predicted octanol–water partition coefficient (Wildman–Crippen LogP) is 1.99. The van der Waals surface area contributed by atoms with Gasteiger partial charge in [0.1, 0.15) is 11.6 Å². The summed E-state index contributed by atoms with van der Waals surface area (Å²) in [5, 5.41) is 0.850. The molecule has 0 saturated heterocycles. The fourth-order valence-corrected chi connectivity index (χ4v) is 1.70. The van der Waals surface area contributed by atoms with Crippen LogP contribution in [0.3, 0.4) is 0 Å². The van der Waals surface area contributed by atoms with E-state index in [2.05, 4.69) is 25.9 Å². The third kappa shape index (κ3) is 1.93. The van der Waals surface area contributed by atoms with Crippen LogP contribution in [0.5, 0.6) is 0 Å². The monoisotopic (exact) mass is 266 g/mol. The van der Waals surface area contributed by atoms with Crippen molar-refractivity contribution in [1.82, 2.24) is 9.97 Å². The maximum atomic E-state index is 5.82. The average molecular weight is 267 g/mol. The number of nitrogen functional groups attached to an aromatic ring is 1. The summed E-state index contributed by atoms with van der Waals surface area (Å²) < 4.78 is 0.962. The van der Waals surface area contributed by atoms with Gasteiger partial charge in [-0.2, -0.15) is 0 Å². The zero-order chi connectivity index (χ0) is 11.0. The van der Waals surface area contributed by atoms with E-state index in [9.17, 15) is 0 Å². The summed E-state index contributed by atoms with van der Waals surface area (Å²) in [7, 11) is 0. The molecule has 0 bridgehead atoms.